The first kappa shape index (κ1) is 93.9. The van der Waals surface area contributed by atoms with E-state index in [9.17, 15) is 87.4 Å². The Hall–Kier alpha value is -8.74. The maximum Gasteiger partial charge on any atom is 0.303 e. The molecular formula is C90H106N6O22S7. The third kappa shape index (κ3) is 20.2. The zero-order valence-electron chi connectivity index (χ0n) is 70.4. The van der Waals surface area contributed by atoms with Gasteiger partial charge >= 0.3 is 5.97 Å². The van der Waals surface area contributed by atoms with Crippen molar-refractivity contribution in [1.82, 2.24) is 4.98 Å². The van der Waals surface area contributed by atoms with Crippen LogP contribution in [-0.2, 0) is 118 Å². The van der Waals surface area contributed by atoms with Gasteiger partial charge in [0.2, 0.25) is 11.4 Å². The third-order valence-electron chi connectivity index (χ3n) is 25.9. The average molecular weight is 1850 g/mol. The number of anilines is 2. The molecule has 0 aliphatic carbocycles. The maximum atomic E-state index is 13.0. The minimum Gasteiger partial charge on any atom is -0.744 e. The summed E-state index contributed by atoms with van der Waals surface area (Å²) in [5.74, 6) is -0.886. The molecule has 0 radical (unpaired) electrons. The van der Waals surface area contributed by atoms with E-state index in [0.717, 1.165) is 112 Å². The molecule has 28 nitrogen and oxygen atoms in total. The summed E-state index contributed by atoms with van der Waals surface area (Å²) in [6.45, 7) is 10.7. The lowest BCUT2D eigenvalue weighted by Crippen LogP contribution is -2.32. The molecule has 35 heteroatoms. The monoisotopic (exact) mass is 1850 g/mol. The number of fused-ring (bicyclic) bond motifs is 1. The van der Waals surface area contributed by atoms with Crippen LogP contribution in [0.25, 0.3) is 10.2 Å². The number of aryl methyl sites for hydroxylation is 4. The van der Waals surface area contributed by atoms with Crippen LogP contribution in [0.2, 0.25) is 0 Å². The smallest absolute Gasteiger partial charge is 0.303 e. The van der Waals surface area contributed by atoms with Crippen molar-refractivity contribution < 1.29 is 106 Å². The molecular weight excluding hydrogens is 1740 g/mol. The van der Waals surface area contributed by atoms with Gasteiger partial charge in [-0.05, 0) is 196 Å². The van der Waals surface area contributed by atoms with Crippen LogP contribution in [-0.4, -0.2) is 165 Å². The summed E-state index contributed by atoms with van der Waals surface area (Å²) in [6, 6.07) is 20.3. The third-order valence-corrected chi connectivity index (χ3v) is 32.0. The number of carboxylic acid groups (broad SMARTS) is 1. The molecule has 14 rings (SSSR count). The Balaban J connectivity index is 0.000000221. The van der Waals surface area contributed by atoms with Crippen molar-refractivity contribution in [3.8, 4) is 11.8 Å². The quantitative estimate of drug-likeness (QED) is 0.0104. The molecule has 670 valence electrons. The fraction of sp³-hybridized carbons (Fsp3) is 0.467. The van der Waals surface area contributed by atoms with Crippen molar-refractivity contribution in [2.45, 2.75) is 242 Å². The summed E-state index contributed by atoms with van der Waals surface area (Å²) in [6.07, 6.45) is 33.9. The predicted molar refractivity (Wildman–Crippen MR) is 474 cm³/mol. The number of ketones is 1. The van der Waals surface area contributed by atoms with Crippen LogP contribution in [0.1, 0.15) is 225 Å². The largest absolute Gasteiger partial charge is 0.744 e. The molecule has 8 aliphatic rings. The minimum atomic E-state index is -4.88. The normalized spacial score (nSPS) is 21.6. The number of ether oxygens (including phenoxy) is 1. The summed E-state index contributed by atoms with van der Waals surface area (Å²) < 4.78 is 224. The Morgan fingerprint density at radius 3 is 1.35 bits per heavy atom. The van der Waals surface area contributed by atoms with E-state index in [1.807, 2.05) is 107 Å². The van der Waals surface area contributed by atoms with E-state index in [4.69, 9.17) is 15.1 Å². The van der Waals surface area contributed by atoms with Gasteiger partial charge in [0.05, 0.1) is 60.1 Å². The lowest BCUT2D eigenvalue weighted by molar-refractivity contribution is -0.443. The number of nitrogens with zero attached hydrogens (tertiary/aromatic N) is 6. The number of hydrogen-bond acceptors (Lipinski definition) is 22. The number of hydrogen-bond donors (Lipinski definition) is 5. The molecule has 0 bridgehead atoms. The number of carbonyl (C=O) groups is 2. The zero-order chi connectivity index (χ0) is 90.0. The van der Waals surface area contributed by atoms with Crippen LogP contribution in [0.15, 0.2) is 158 Å². The van der Waals surface area contributed by atoms with Crippen LogP contribution >= 0.6 is 11.3 Å². The molecule has 0 spiro atoms. The molecule has 1 aromatic heterocycles. The number of benzene rings is 5. The second-order valence-electron chi connectivity index (χ2n) is 34.5. The van der Waals surface area contributed by atoms with E-state index in [2.05, 4.69) is 30.0 Å². The average Bonchev–Trinajstić information content (AvgIpc) is 1.57. The highest BCUT2D eigenvalue weighted by atomic mass is 32.2. The first-order valence-electron chi connectivity index (χ1n) is 42.6. The molecule has 125 heavy (non-hydrogen) atoms. The van der Waals surface area contributed by atoms with Crippen molar-refractivity contribution in [3.05, 3.63) is 188 Å². The van der Waals surface area contributed by atoms with E-state index in [1.165, 1.54) is 35.6 Å². The Morgan fingerprint density at radius 1 is 0.504 bits per heavy atom. The lowest BCUT2D eigenvalue weighted by atomic mass is 9.74. The second kappa shape index (κ2) is 37.5. The van der Waals surface area contributed by atoms with Crippen molar-refractivity contribution in [2.75, 3.05) is 54.1 Å². The number of Topliss-reactive ketones (excluding diaryl/α,β-unsaturated/α-hetero) is 1. The summed E-state index contributed by atoms with van der Waals surface area (Å²) in [7, 11) is -27.3. The molecule has 6 aromatic rings. The summed E-state index contributed by atoms with van der Waals surface area (Å²) in [5.41, 5.74) is 9.28. The number of nitriles is 1. The van der Waals surface area contributed by atoms with Gasteiger partial charge in [-0.2, -0.15) is 48.1 Å². The van der Waals surface area contributed by atoms with Gasteiger partial charge in [-0.1, -0.05) is 99.2 Å². The number of rotatable bonds is 38. The minimum absolute atomic E-state index is 0.0398. The van der Waals surface area contributed by atoms with Crippen LogP contribution < -0.4 is 14.5 Å². The Morgan fingerprint density at radius 2 is 0.920 bits per heavy atom. The number of allylic oxidation sites excluding steroid dienone is 12. The number of carboxylic acids is 1. The van der Waals surface area contributed by atoms with Crippen LogP contribution in [0.5, 0.6) is 5.75 Å². The van der Waals surface area contributed by atoms with Crippen LogP contribution in [0.3, 0.4) is 0 Å². The number of unbranched alkanes of at least 4 members (excludes halogenated alkanes) is 7. The standard InChI is InChI=1S/C51H58N4O11S4.C39H48N2O11S3/c1-50(27-9-4-5-17-37(56)18-8-11-31-66-38-23-24-39-40(33-38)67-45(34-52)53-39)43(54-29-13-15-35-21-25-41(69(60,61)62)46(50)48(35)54)19-6-3-7-20-44-51(2,28-10-12-32-68(57,58)59)47-42(70(63,64)65)26-22-36-16-14-30-55(44)49(36)47;1-38(22-8-4-7-17-33(42)43)31(40-24-11-13-27-18-20-29(54(47,48)49)34(38)36(27)40)15-5-3-6-16-32-39(2,23-9-10-26-53(44,45)46)35-30(55(50,51)52)21-19-28-14-12-25-41(32)37(28)35/h3,6-7,19-26,33H,4-5,8-18,27-32H2,1-2H3,(H2-,57,58,59,60,61,62,63,64,65);3,5-6,15-16,18-21H,4,7-14,17,22-26H2,1-2H3,(H3-,42,43,44,45,46,47,48,49,50,51,52). The lowest BCUT2D eigenvalue weighted by Gasteiger charge is -2.32. The van der Waals surface area contributed by atoms with E-state index in [1.54, 1.807) is 24.3 Å². The van der Waals surface area contributed by atoms with Gasteiger partial charge in [0.15, 0.2) is 16.4 Å². The molecule has 8 aliphatic heterocycles. The van der Waals surface area contributed by atoms with E-state index < -0.39 is 99.8 Å². The van der Waals surface area contributed by atoms with Gasteiger partial charge < -0.3 is 28.7 Å². The SMILES string of the molecule is CC1(CCCCS(=O)(=O)O)C(=CC=CC=CC2=[N+]3CCCc4ccc(S(=O)(=O)O)c(c43)C2(C)CCCCCC(=O)CCCCOc2ccc3nc(C#N)sc3c2)N2CCCc3ccc(S(=O)(=O)[O-])c1c32.CC1(CCCCS(=O)(=O)O)C(=CC=CC=CC2=[N+]3CCCc4ccc(S(=O)(=O)O)c(c43)C2(C)CCCCCC(=O)O)N2CCCc3ccc(S(=O)(=O)[O-])c1c32. The summed E-state index contributed by atoms with van der Waals surface area (Å²) in [5, 5.41) is 18.7. The molecule has 4 unspecified atom stereocenters. The zero-order valence-corrected chi connectivity index (χ0v) is 76.1. The fourth-order valence-corrected chi connectivity index (χ4v) is 25.5. The van der Waals surface area contributed by atoms with Gasteiger partial charge in [0.1, 0.15) is 60.7 Å². The van der Waals surface area contributed by atoms with Gasteiger partial charge in [-0.15, -0.1) is 11.3 Å². The topological polar surface area (TPSA) is 445 Å². The number of aromatic nitrogens is 1. The van der Waals surface area contributed by atoms with Gasteiger partial charge in [-0.3, -0.25) is 27.8 Å². The Kier molecular flexibility index (Phi) is 28.2. The van der Waals surface area contributed by atoms with E-state index >= 15 is 0 Å². The highest BCUT2D eigenvalue weighted by Gasteiger charge is 2.55. The van der Waals surface area contributed by atoms with Gasteiger partial charge in [0, 0.05) is 113 Å². The van der Waals surface area contributed by atoms with E-state index in [-0.39, 0.29) is 44.6 Å². The maximum absolute atomic E-state index is 13.0. The molecule has 5 N–H and O–H groups in total. The molecule has 0 saturated heterocycles. The fourth-order valence-electron chi connectivity index (χ4n) is 20.3. The summed E-state index contributed by atoms with van der Waals surface area (Å²) >= 11 is 1.31. The highest BCUT2D eigenvalue weighted by Crippen LogP contribution is 2.59. The van der Waals surface area contributed by atoms with Crippen LogP contribution in [0, 0.1) is 11.3 Å². The van der Waals surface area contributed by atoms with Crippen molar-refractivity contribution in [3.63, 3.8) is 0 Å². The van der Waals surface area contributed by atoms with Crippen molar-refractivity contribution >= 4 is 128 Å². The van der Waals surface area contributed by atoms with E-state index in [0.29, 0.717) is 186 Å². The van der Waals surface area contributed by atoms with Gasteiger partial charge in [0.25, 0.3) is 40.5 Å². The molecule has 9 heterocycles. The second-order valence-corrected chi connectivity index (χ2v) is 44.1. The number of carbonyl (C=O) groups excluding carboxylic acids is 1. The highest BCUT2D eigenvalue weighted by molar-refractivity contribution is 7.87. The number of thiazole rings is 1. The molecule has 4 atom stereocenters. The molecule has 0 fully saturated rings. The first-order valence-corrected chi connectivity index (χ1v) is 52.3. The van der Waals surface area contributed by atoms with Crippen molar-refractivity contribution in [1.29, 1.82) is 5.26 Å². The predicted octanol–water partition coefficient (Wildman–Crippen LogP) is 15.1. The Bertz CT molecular complexity index is 6360. The molecule has 5 aromatic carbocycles. The number of aliphatic carboxylic acids is 1. The van der Waals surface area contributed by atoms with Crippen LogP contribution in [0.4, 0.5) is 22.7 Å². The molecule has 0 saturated carbocycles. The van der Waals surface area contributed by atoms with Crippen molar-refractivity contribution in [2.24, 2.45) is 0 Å². The molecule has 0 amide bonds. The van der Waals surface area contributed by atoms with Gasteiger partial charge in [-0.25, -0.2) is 21.8 Å². The first-order chi connectivity index (χ1) is 59.0. The Labute approximate surface area is 736 Å². The summed E-state index contributed by atoms with van der Waals surface area (Å²) in [4.78, 5) is 31.6.